The molecule has 2 heteroatoms. The van der Waals surface area contributed by atoms with Gasteiger partial charge in [0.2, 0.25) is 0 Å². The van der Waals surface area contributed by atoms with Crippen LogP contribution < -0.4 is 0 Å². The number of rotatable bonds is 3. The third kappa shape index (κ3) is 1.72. The average Bonchev–Trinajstić information content (AvgIpc) is 2.60. The molecule has 2 bridgehead atoms. The van der Waals surface area contributed by atoms with Crippen molar-refractivity contribution in [2.24, 2.45) is 5.92 Å². The van der Waals surface area contributed by atoms with E-state index in [1.807, 2.05) is 0 Å². The van der Waals surface area contributed by atoms with Crippen LogP contribution in [0.4, 0.5) is 0 Å². The monoisotopic (exact) mass is 265 g/mol. The third-order valence-electron chi connectivity index (χ3n) is 3.10. The normalized spacial score (nSPS) is 36.8. The molecule has 0 aromatic carbocycles. The first kappa shape index (κ1) is 8.30. The summed E-state index contributed by atoms with van der Waals surface area (Å²) in [7, 11) is 0. The van der Waals surface area contributed by atoms with Crippen molar-refractivity contribution in [3.63, 3.8) is 0 Å². The van der Waals surface area contributed by atoms with Crippen molar-refractivity contribution in [2.75, 3.05) is 17.5 Å². The van der Waals surface area contributed by atoms with E-state index in [1.54, 1.807) is 0 Å². The van der Waals surface area contributed by atoms with E-state index in [2.05, 4.69) is 27.5 Å². The molecule has 0 radical (unpaired) electrons. The third-order valence-corrected chi connectivity index (χ3v) is 3.86. The van der Waals surface area contributed by atoms with Crippen LogP contribution in [-0.2, 0) is 0 Å². The topological polar surface area (TPSA) is 3.24 Å². The van der Waals surface area contributed by atoms with Crippen molar-refractivity contribution in [3.05, 3.63) is 0 Å². The molecule has 1 aliphatic heterocycles. The van der Waals surface area contributed by atoms with Gasteiger partial charge in [0.15, 0.2) is 0 Å². The smallest absolute Gasteiger partial charge is 0.00986 e. The molecule has 1 aliphatic carbocycles. The van der Waals surface area contributed by atoms with E-state index in [4.69, 9.17) is 0 Å². The summed E-state index contributed by atoms with van der Waals surface area (Å²) in [6.45, 7) is 2.78. The number of hydrogen-bond acceptors (Lipinski definition) is 1. The van der Waals surface area contributed by atoms with Gasteiger partial charge in [-0.3, -0.25) is 0 Å². The van der Waals surface area contributed by atoms with Crippen molar-refractivity contribution < 1.29 is 0 Å². The number of halogens is 1. The fourth-order valence-electron chi connectivity index (χ4n) is 2.56. The highest BCUT2D eigenvalue weighted by molar-refractivity contribution is 14.1. The fourth-order valence-corrected chi connectivity index (χ4v) is 2.90. The maximum absolute atomic E-state index is 2.72. The number of likely N-dealkylation sites (tertiary alicyclic amines) is 1. The zero-order valence-corrected chi connectivity index (χ0v) is 9.09. The average molecular weight is 265 g/mol. The van der Waals surface area contributed by atoms with Crippen LogP contribution in [0.25, 0.3) is 0 Å². The SMILES string of the molecule is ICCCN1CC2CCC1C2. The Hall–Kier alpha value is 0.690. The van der Waals surface area contributed by atoms with Gasteiger partial charge in [0.1, 0.15) is 0 Å². The van der Waals surface area contributed by atoms with E-state index in [0.29, 0.717) is 0 Å². The summed E-state index contributed by atoms with van der Waals surface area (Å²) in [5.41, 5.74) is 0. The van der Waals surface area contributed by atoms with Crippen molar-refractivity contribution in [1.29, 1.82) is 0 Å². The second kappa shape index (κ2) is 3.60. The molecule has 2 atom stereocenters. The van der Waals surface area contributed by atoms with Crippen LogP contribution in [0, 0.1) is 5.92 Å². The fraction of sp³-hybridized carbons (Fsp3) is 1.00. The highest BCUT2D eigenvalue weighted by atomic mass is 127. The second-order valence-electron chi connectivity index (χ2n) is 3.87. The summed E-state index contributed by atoms with van der Waals surface area (Å²) in [5, 5.41) is 0. The molecule has 0 aromatic rings. The minimum atomic E-state index is 0.989. The van der Waals surface area contributed by atoms with E-state index in [-0.39, 0.29) is 0 Å². The molecule has 0 aromatic heterocycles. The Labute approximate surface area is 82.7 Å². The predicted molar refractivity (Wildman–Crippen MR) is 56.2 cm³/mol. The highest BCUT2D eigenvalue weighted by Crippen LogP contribution is 2.37. The molecule has 1 heterocycles. The molecule has 2 fully saturated rings. The number of piperidine rings is 1. The zero-order valence-electron chi connectivity index (χ0n) is 6.93. The molecular weight excluding hydrogens is 249 g/mol. The van der Waals surface area contributed by atoms with Gasteiger partial charge in [0, 0.05) is 17.0 Å². The molecule has 2 rings (SSSR count). The van der Waals surface area contributed by atoms with Crippen LogP contribution in [0.15, 0.2) is 0 Å². The molecule has 0 spiro atoms. The summed E-state index contributed by atoms with van der Waals surface area (Å²) in [6.07, 6.45) is 5.92. The summed E-state index contributed by atoms with van der Waals surface area (Å²) in [5.74, 6) is 1.08. The maximum Gasteiger partial charge on any atom is 0.00986 e. The maximum atomic E-state index is 2.72. The van der Waals surface area contributed by atoms with Crippen LogP contribution in [0.5, 0.6) is 0 Å². The van der Waals surface area contributed by atoms with Crippen molar-refractivity contribution in [1.82, 2.24) is 4.90 Å². The molecule has 0 N–H and O–H groups in total. The lowest BCUT2D eigenvalue weighted by Gasteiger charge is -2.26. The number of alkyl halides is 1. The van der Waals surface area contributed by atoms with E-state index >= 15 is 0 Å². The van der Waals surface area contributed by atoms with Crippen LogP contribution in [-0.4, -0.2) is 28.5 Å². The van der Waals surface area contributed by atoms with Gasteiger partial charge in [-0.1, -0.05) is 22.6 Å². The van der Waals surface area contributed by atoms with Gasteiger partial charge in [0.25, 0.3) is 0 Å². The largest absolute Gasteiger partial charge is 0.300 e. The standard InChI is InChI=1S/C9H16IN/c10-4-1-5-11-7-8-2-3-9(11)6-8/h8-9H,1-7H2. The Morgan fingerprint density at radius 3 is 2.82 bits per heavy atom. The zero-order chi connectivity index (χ0) is 7.68. The Morgan fingerprint density at radius 1 is 1.36 bits per heavy atom. The molecule has 64 valence electrons. The summed E-state index contributed by atoms with van der Waals surface area (Å²) >= 11 is 2.48. The summed E-state index contributed by atoms with van der Waals surface area (Å²) in [6, 6.07) is 0.989. The van der Waals surface area contributed by atoms with Crippen LogP contribution in [0.2, 0.25) is 0 Å². The molecule has 2 aliphatic rings. The van der Waals surface area contributed by atoms with Crippen molar-refractivity contribution in [2.45, 2.75) is 31.7 Å². The minimum absolute atomic E-state index is 0.989. The second-order valence-corrected chi connectivity index (χ2v) is 4.95. The molecule has 1 nitrogen and oxygen atoms in total. The Kier molecular flexibility index (Phi) is 2.72. The van der Waals surface area contributed by atoms with Crippen molar-refractivity contribution in [3.8, 4) is 0 Å². The van der Waals surface area contributed by atoms with Gasteiger partial charge in [-0.2, -0.15) is 0 Å². The number of nitrogens with zero attached hydrogens (tertiary/aromatic N) is 1. The first-order valence-corrected chi connectivity index (χ1v) is 6.22. The molecular formula is C9H16IN. The lowest BCUT2D eigenvalue weighted by Crippen LogP contribution is -2.32. The first-order chi connectivity index (χ1) is 5.40. The highest BCUT2D eigenvalue weighted by Gasteiger charge is 2.36. The van der Waals surface area contributed by atoms with Crippen LogP contribution in [0.3, 0.4) is 0 Å². The predicted octanol–water partition coefficient (Wildman–Crippen LogP) is 2.30. The van der Waals surface area contributed by atoms with E-state index in [1.165, 1.54) is 43.2 Å². The minimum Gasteiger partial charge on any atom is -0.300 e. The van der Waals surface area contributed by atoms with Crippen LogP contribution in [0.1, 0.15) is 25.7 Å². The van der Waals surface area contributed by atoms with Gasteiger partial charge in [0.05, 0.1) is 0 Å². The summed E-state index contributed by atoms with van der Waals surface area (Å²) in [4.78, 5) is 2.72. The molecule has 11 heavy (non-hydrogen) atoms. The number of fused-ring (bicyclic) bond motifs is 2. The van der Waals surface area contributed by atoms with Gasteiger partial charge in [-0.25, -0.2) is 0 Å². The molecule has 0 amide bonds. The van der Waals surface area contributed by atoms with Gasteiger partial charge in [-0.15, -0.1) is 0 Å². The van der Waals surface area contributed by atoms with Gasteiger partial charge < -0.3 is 4.90 Å². The molecule has 1 saturated carbocycles. The van der Waals surface area contributed by atoms with Crippen LogP contribution >= 0.6 is 22.6 Å². The van der Waals surface area contributed by atoms with Gasteiger partial charge in [-0.05, 0) is 38.1 Å². The molecule has 2 unspecified atom stereocenters. The Balaban J connectivity index is 1.78. The van der Waals surface area contributed by atoms with E-state index in [9.17, 15) is 0 Å². The number of hydrogen-bond donors (Lipinski definition) is 0. The quantitative estimate of drug-likeness (QED) is 0.559. The van der Waals surface area contributed by atoms with Crippen molar-refractivity contribution >= 4 is 22.6 Å². The first-order valence-electron chi connectivity index (χ1n) is 4.70. The molecule has 1 saturated heterocycles. The Morgan fingerprint density at radius 2 is 2.27 bits per heavy atom. The van der Waals surface area contributed by atoms with Gasteiger partial charge >= 0.3 is 0 Å². The summed E-state index contributed by atoms with van der Waals surface area (Å²) < 4.78 is 1.33. The van der Waals surface area contributed by atoms with E-state index < -0.39 is 0 Å². The Bertz CT molecular complexity index is 138. The lowest BCUT2D eigenvalue weighted by atomic mass is 10.1. The lowest BCUT2D eigenvalue weighted by molar-refractivity contribution is 0.215. The van der Waals surface area contributed by atoms with E-state index in [0.717, 1.165) is 12.0 Å².